The summed E-state index contributed by atoms with van der Waals surface area (Å²) >= 11 is 0. The first-order valence-corrected chi connectivity index (χ1v) is 5.92. The molecule has 0 aliphatic carbocycles. The molecule has 1 aliphatic heterocycles. The fraction of sp³-hybridized carbons (Fsp3) is 0.462. The van der Waals surface area contributed by atoms with E-state index in [-0.39, 0.29) is 5.91 Å². The van der Waals surface area contributed by atoms with Crippen LogP contribution in [-0.2, 0) is 0 Å². The van der Waals surface area contributed by atoms with Gasteiger partial charge in [0.25, 0.3) is 0 Å². The normalized spacial score (nSPS) is 16.9. The summed E-state index contributed by atoms with van der Waals surface area (Å²) in [6.45, 7) is 2.24. The van der Waals surface area contributed by atoms with Crippen LogP contribution in [0.4, 0.5) is 5.69 Å². The number of carbonyl (C=O) groups excluding carboxylic acids is 1. The topological polar surface area (TPSA) is 46.3 Å². The minimum atomic E-state index is -0.359. The second-order valence-electron chi connectivity index (χ2n) is 4.31. The molecule has 1 fully saturated rings. The lowest BCUT2D eigenvalue weighted by atomic mass is 10.2. The SMILES string of the molecule is NC(=O)c1ccc(N2CCCCCC2)cc1. The van der Waals surface area contributed by atoms with E-state index < -0.39 is 0 Å². The Bertz CT molecular complexity index is 351. The highest BCUT2D eigenvalue weighted by Crippen LogP contribution is 2.19. The Labute approximate surface area is 96.2 Å². The summed E-state index contributed by atoms with van der Waals surface area (Å²) in [4.78, 5) is 13.3. The van der Waals surface area contributed by atoms with Gasteiger partial charge in [-0.15, -0.1) is 0 Å². The summed E-state index contributed by atoms with van der Waals surface area (Å²) < 4.78 is 0. The van der Waals surface area contributed by atoms with Gasteiger partial charge in [-0.3, -0.25) is 4.79 Å². The molecule has 86 valence electrons. The smallest absolute Gasteiger partial charge is 0.248 e. The Balaban J connectivity index is 2.10. The summed E-state index contributed by atoms with van der Waals surface area (Å²) in [6.07, 6.45) is 5.18. The van der Waals surface area contributed by atoms with Crippen molar-refractivity contribution in [3.8, 4) is 0 Å². The predicted molar refractivity (Wildman–Crippen MR) is 65.6 cm³/mol. The Morgan fingerprint density at radius 2 is 1.56 bits per heavy atom. The average molecular weight is 218 g/mol. The lowest BCUT2D eigenvalue weighted by molar-refractivity contribution is 0.100. The van der Waals surface area contributed by atoms with Crippen molar-refractivity contribution in [1.82, 2.24) is 0 Å². The number of nitrogens with zero attached hydrogens (tertiary/aromatic N) is 1. The van der Waals surface area contributed by atoms with Crippen LogP contribution >= 0.6 is 0 Å². The number of hydrogen-bond acceptors (Lipinski definition) is 2. The summed E-state index contributed by atoms with van der Waals surface area (Å²) in [5.74, 6) is -0.359. The fourth-order valence-corrected chi connectivity index (χ4v) is 2.17. The monoisotopic (exact) mass is 218 g/mol. The lowest BCUT2D eigenvalue weighted by Crippen LogP contribution is -2.23. The van der Waals surface area contributed by atoms with Crippen LogP contribution in [0, 0.1) is 0 Å². The highest BCUT2D eigenvalue weighted by Gasteiger charge is 2.10. The second kappa shape index (κ2) is 5.01. The van der Waals surface area contributed by atoms with Crippen LogP contribution in [0.15, 0.2) is 24.3 Å². The highest BCUT2D eigenvalue weighted by molar-refractivity contribution is 5.93. The van der Waals surface area contributed by atoms with Crippen LogP contribution in [0.2, 0.25) is 0 Å². The van der Waals surface area contributed by atoms with Gasteiger partial charge in [-0.25, -0.2) is 0 Å². The molecule has 0 unspecified atom stereocenters. The van der Waals surface area contributed by atoms with Gasteiger partial charge in [-0.2, -0.15) is 0 Å². The van der Waals surface area contributed by atoms with Gasteiger partial charge in [-0.1, -0.05) is 12.8 Å². The number of primary amides is 1. The average Bonchev–Trinajstić information content (AvgIpc) is 2.57. The molecule has 0 saturated carbocycles. The molecule has 1 aromatic rings. The van der Waals surface area contributed by atoms with Crippen molar-refractivity contribution in [2.45, 2.75) is 25.7 Å². The standard InChI is InChI=1S/C13H18N2O/c14-13(16)11-5-7-12(8-6-11)15-9-3-1-2-4-10-15/h5-8H,1-4,9-10H2,(H2,14,16). The van der Waals surface area contributed by atoms with Crippen molar-refractivity contribution >= 4 is 11.6 Å². The van der Waals surface area contributed by atoms with E-state index in [2.05, 4.69) is 4.90 Å². The molecule has 0 spiro atoms. The largest absolute Gasteiger partial charge is 0.372 e. The van der Waals surface area contributed by atoms with Crippen LogP contribution < -0.4 is 10.6 Å². The van der Waals surface area contributed by atoms with Crippen molar-refractivity contribution in [2.24, 2.45) is 5.73 Å². The Hall–Kier alpha value is -1.51. The predicted octanol–water partition coefficient (Wildman–Crippen LogP) is 2.17. The maximum Gasteiger partial charge on any atom is 0.248 e. The van der Waals surface area contributed by atoms with Crippen molar-refractivity contribution in [3.63, 3.8) is 0 Å². The molecule has 0 aromatic heterocycles. The molecule has 0 radical (unpaired) electrons. The maximum atomic E-state index is 11.0. The Morgan fingerprint density at radius 3 is 2.06 bits per heavy atom. The van der Waals surface area contributed by atoms with Crippen molar-refractivity contribution in [3.05, 3.63) is 29.8 Å². The number of carbonyl (C=O) groups is 1. The summed E-state index contributed by atoms with van der Waals surface area (Å²) in [5.41, 5.74) is 7.00. The third kappa shape index (κ3) is 2.54. The lowest BCUT2D eigenvalue weighted by Gasteiger charge is -2.22. The van der Waals surface area contributed by atoms with Crippen LogP contribution in [0.5, 0.6) is 0 Å². The second-order valence-corrected chi connectivity index (χ2v) is 4.31. The molecular formula is C13H18N2O. The first kappa shape index (κ1) is 11.0. The minimum absolute atomic E-state index is 0.359. The van der Waals surface area contributed by atoms with Gasteiger partial charge in [0.05, 0.1) is 0 Å². The molecule has 0 bridgehead atoms. The van der Waals surface area contributed by atoms with Gasteiger partial charge in [-0.05, 0) is 37.1 Å². The van der Waals surface area contributed by atoms with E-state index in [0.717, 1.165) is 13.1 Å². The van der Waals surface area contributed by atoms with Gasteiger partial charge in [0, 0.05) is 24.3 Å². The number of anilines is 1. The van der Waals surface area contributed by atoms with E-state index in [4.69, 9.17) is 5.73 Å². The van der Waals surface area contributed by atoms with E-state index >= 15 is 0 Å². The molecule has 16 heavy (non-hydrogen) atoms. The molecule has 2 N–H and O–H groups in total. The van der Waals surface area contributed by atoms with Crippen LogP contribution in [0.1, 0.15) is 36.0 Å². The molecular weight excluding hydrogens is 200 g/mol. The van der Waals surface area contributed by atoms with Crippen molar-refractivity contribution in [2.75, 3.05) is 18.0 Å². The van der Waals surface area contributed by atoms with Crippen LogP contribution in [0.3, 0.4) is 0 Å². The number of hydrogen-bond donors (Lipinski definition) is 1. The summed E-state index contributed by atoms with van der Waals surface area (Å²) in [6, 6.07) is 7.60. The first-order valence-electron chi connectivity index (χ1n) is 5.92. The zero-order chi connectivity index (χ0) is 11.4. The number of benzene rings is 1. The van der Waals surface area contributed by atoms with E-state index in [1.54, 1.807) is 0 Å². The summed E-state index contributed by atoms with van der Waals surface area (Å²) in [7, 11) is 0. The van der Waals surface area contributed by atoms with E-state index in [1.807, 2.05) is 24.3 Å². The Morgan fingerprint density at radius 1 is 1.00 bits per heavy atom. The zero-order valence-electron chi connectivity index (χ0n) is 9.48. The molecule has 2 rings (SSSR count). The maximum absolute atomic E-state index is 11.0. The van der Waals surface area contributed by atoms with Crippen molar-refractivity contribution < 1.29 is 4.79 Å². The van der Waals surface area contributed by atoms with E-state index in [1.165, 1.54) is 31.4 Å². The molecule has 3 nitrogen and oxygen atoms in total. The zero-order valence-corrected chi connectivity index (χ0v) is 9.48. The van der Waals surface area contributed by atoms with Gasteiger partial charge in [0.2, 0.25) is 5.91 Å². The van der Waals surface area contributed by atoms with Gasteiger partial charge >= 0.3 is 0 Å². The molecule has 1 aromatic carbocycles. The molecule has 3 heteroatoms. The number of amides is 1. The van der Waals surface area contributed by atoms with Gasteiger partial charge in [0.15, 0.2) is 0 Å². The number of nitrogens with two attached hydrogens (primary N) is 1. The first-order chi connectivity index (χ1) is 7.77. The molecule has 1 aliphatic rings. The number of rotatable bonds is 2. The van der Waals surface area contributed by atoms with Crippen LogP contribution in [0.25, 0.3) is 0 Å². The summed E-state index contributed by atoms with van der Waals surface area (Å²) in [5, 5.41) is 0. The van der Waals surface area contributed by atoms with E-state index in [9.17, 15) is 4.79 Å². The molecule has 1 amide bonds. The Kier molecular flexibility index (Phi) is 3.44. The molecule has 0 atom stereocenters. The third-order valence-electron chi connectivity index (χ3n) is 3.12. The molecule has 1 saturated heterocycles. The van der Waals surface area contributed by atoms with Gasteiger partial charge < -0.3 is 10.6 Å². The van der Waals surface area contributed by atoms with Crippen LogP contribution in [-0.4, -0.2) is 19.0 Å². The quantitative estimate of drug-likeness (QED) is 0.827. The van der Waals surface area contributed by atoms with Gasteiger partial charge in [0.1, 0.15) is 0 Å². The van der Waals surface area contributed by atoms with E-state index in [0.29, 0.717) is 5.56 Å². The fourth-order valence-electron chi connectivity index (χ4n) is 2.17. The highest BCUT2D eigenvalue weighted by atomic mass is 16.1. The van der Waals surface area contributed by atoms with Crippen molar-refractivity contribution in [1.29, 1.82) is 0 Å². The third-order valence-corrected chi connectivity index (χ3v) is 3.12. The molecule has 1 heterocycles. The minimum Gasteiger partial charge on any atom is -0.372 e.